The van der Waals surface area contributed by atoms with E-state index in [0.29, 0.717) is 13.2 Å². The molecule has 4 unspecified atom stereocenters. The Bertz CT molecular complexity index is 773. The second kappa shape index (κ2) is 9.75. The van der Waals surface area contributed by atoms with Crippen LogP contribution in [0.4, 0.5) is 0 Å². The molecule has 30 heavy (non-hydrogen) atoms. The quantitative estimate of drug-likeness (QED) is 0.502. The van der Waals surface area contributed by atoms with Crippen molar-refractivity contribution < 1.29 is 18.6 Å². The first-order valence-corrected chi connectivity index (χ1v) is 13.7. The molecule has 2 aromatic carbocycles. The van der Waals surface area contributed by atoms with Crippen molar-refractivity contribution >= 4 is 8.32 Å². The van der Waals surface area contributed by atoms with Crippen molar-refractivity contribution in [2.75, 3.05) is 13.7 Å². The van der Waals surface area contributed by atoms with E-state index in [1.54, 1.807) is 7.11 Å². The van der Waals surface area contributed by atoms with Crippen LogP contribution < -0.4 is 0 Å². The molecule has 0 bridgehead atoms. The van der Waals surface area contributed by atoms with E-state index in [4.69, 9.17) is 18.6 Å². The summed E-state index contributed by atoms with van der Waals surface area (Å²) < 4.78 is 25.4. The van der Waals surface area contributed by atoms with Gasteiger partial charge in [-0.2, -0.15) is 0 Å². The fourth-order valence-electron chi connectivity index (χ4n) is 3.56. The van der Waals surface area contributed by atoms with Crippen LogP contribution in [0.2, 0.25) is 18.1 Å². The molecule has 1 saturated heterocycles. The van der Waals surface area contributed by atoms with Gasteiger partial charge >= 0.3 is 0 Å². The Kier molecular flexibility index (Phi) is 7.53. The lowest BCUT2D eigenvalue weighted by molar-refractivity contribution is -0.0467. The van der Waals surface area contributed by atoms with Gasteiger partial charge in [0.25, 0.3) is 0 Å². The molecule has 0 amide bonds. The molecule has 0 spiro atoms. The van der Waals surface area contributed by atoms with Gasteiger partial charge in [-0.3, -0.25) is 0 Å². The average Bonchev–Trinajstić information content (AvgIpc) is 3.05. The Morgan fingerprint density at radius 1 is 0.900 bits per heavy atom. The summed E-state index contributed by atoms with van der Waals surface area (Å²) in [7, 11) is -0.270. The normalized spacial score (nSPS) is 24.9. The van der Waals surface area contributed by atoms with E-state index in [2.05, 4.69) is 58.1 Å². The molecule has 2 aromatic rings. The summed E-state index contributed by atoms with van der Waals surface area (Å²) in [5.41, 5.74) is 2.26. The van der Waals surface area contributed by atoms with Crippen LogP contribution in [0.1, 0.15) is 38.0 Å². The molecule has 1 aliphatic rings. The zero-order chi connectivity index (χ0) is 21.8. The molecule has 0 radical (unpaired) electrons. The van der Waals surface area contributed by atoms with Gasteiger partial charge in [0.2, 0.25) is 0 Å². The van der Waals surface area contributed by atoms with Gasteiger partial charge in [-0.1, -0.05) is 81.4 Å². The summed E-state index contributed by atoms with van der Waals surface area (Å²) in [5, 5.41) is 0.103. The van der Waals surface area contributed by atoms with Crippen molar-refractivity contribution in [3.8, 4) is 0 Å². The van der Waals surface area contributed by atoms with E-state index in [1.807, 2.05) is 36.4 Å². The van der Waals surface area contributed by atoms with Crippen molar-refractivity contribution in [3.63, 3.8) is 0 Å². The number of rotatable bonds is 8. The molecule has 0 N–H and O–H groups in total. The third kappa shape index (κ3) is 5.40. The largest absolute Gasteiger partial charge is 0.408 e. The second-order valence-corrected chi connectivity index (χ2v) is 14.3. The van der Waals surface area contributed by atoms with Crippen LogP contribution in [0.3, 0.4) is 0 Å². The maximum absolute atomic E-state index is 6.84. The zero-order valence-electron chi connectivity index (χ0n) is 19.1. The maximum Gasteiger partial charge on any atom is 0.192 e. The van der Waals surface area contributed by atoms with E-state index in [1.165, 1.54) is 0 Å². The Labute approximate surface area is 182 Å². The van der Waals surface area contributed by atoms with Crippen LogP contribution in [0.15, 0.2) is 60.7 Å². The SMILES string of the molecule is COC1C(c2ccccc2)OC(COCc2ccccc2)C1O[Si](C)(C)C(C)(C)C. The number of benzene rings is 2. The van der Waals surface area contributed by atoms with E-state index >= 15 is 0 Å². The molecule has 1 fully saturated rings. The highest BCUT2D eigenvalue weighted by Gasteiger charge is 2.50. The summed E-state index contributed by atoms with van der Waals surface area (Å²) >= 11 is 0. The lowest BCUT2D eigenvalue weighted by Crippen LogP contribution is -2.50. The third-order valence-corrected chi connectivity index (χ3v) is 10.8. The van der Waals surface area contributed by atoms with Gasteiger partial charge in [0, 0.05) is 7.11 Å². The molecule has 1 heterocycles. The minimum atomic E-state index is -2.02. The van der Waals surface area contributed by atoms with Crippen LogP contribution in [0.5, 0.6) is 0 Å². The van der Waals surface area contributed by atoms with Crippen LogP contribution in [-0.2, 0) is 25.2 Å². The van der Waals surface area contributed by atoms with Crippen LogP contribution in [0, 0.1) is 0 Å². The van der Waals surface area contributed by atoms with Crippen molar-refractivity contribution in [2.45, 2.75) is 69.9 Å². The van der Waals surface area contributed by atoms with Gasteiger partial charge in [0.15, 0.2) is 8.32 Å². The highest BCUT2D eigenvalue weighted by atomic mass is 28.4. The summed E-state index contributed by atoms with van der Waals surface area (Å²) in [6.45, 7) is 12.3. The minimum absolute atomic E-state index is 0.103. The monoisotopic (exact) mass is 428 g/mol. The number of hydrogen-bond donors (Lipinski definition) is 0. The highest BCUT2D eigenvalue weighted by molar-refractivity contribution is 6.74. The van der Waals surface area contributed by atoms with E-state index in [9.17, 15) is 0 Å². The van der Waals surface area contributed by atoms with Crippen molar-refractivity contribution in [1.82, 2.24) is 0 Å². The first-order chi connectivity index (χ1) is 14.2. The van der Waals surface area contributed by atoms with E-state index in [-0.39, 0.29) is 29.5 Å². The number of ether oxygens (including phenoxy) is 3. The van der Waals surface area contributed by atoms with Crippen LogP contribution >= 0.6 is 0 Å². The molecule has 4 atom stereocenters. The summed E-state index contributed by atoms with van der Waals surface area (Å²) in [4.78, 5) is 0. The maximum atomic E-state index is 6.84. The molecule has 0 saturated carbocycles. The van der Waals surface area contributed by atoms with Crippen LogP contribution in [0.25, 0.3) is 0 Å². The lowest BCUT2D eigenvalue weighted by Gasteiger charge is -2.40. The summed E-state index contributed by atoms with van der Waals surface area (Å²) in [6.07, 6.45) is -0.696. The predicted molar refractivity (Wildman–Crippen MR) is 123 cm³/mol. The molecule has 5 heteroatoms. The third-order valence-electron chi connectivity index (χ3n) is 6.34. The average molecular weight is 429 g/mol. The fourth-order valence-corrected chi connectivity index (χ4v) is 4.88. The minimum Gasteiger partial charge on any atom is -0.408 e. The van der Waals surface area contributed by atoms with E-state index < -0.39 is 8.32 Å². The highest BCUT2D eigenvalue weighted by Crippen LogP contribution is 2.43. The lowest BCUT2D eigenvalue weighted by atomic mass is 10.0. The topological polar surface area (TPSA) is 36.9 Å². The molecule has 0 aromatic heterocycles. The molecule has 4 nitrogen and oxygen atoms in total. The number of hydrogen-bond acceptors (Lipinski definition) is 4. The standard InChI is InChI=1S/C25H36O4Si/c1-25(2,3)30(5,6)29-23-21(18-27-17-19-13-9-7-10-14-19)28-22(24(23)26-4)20-15-11-8-12-16-20/h7-16,21-24H,17-18H2,1-6H3. The van der Waals surface area contributed by atoms with Gasteiger partial charge in [-0.15, -0.1) is 0 Å². The zero-order valence-corrected chi connectivity index (χ0v) is 20.1. The second-order valence-electron chi connectivity index (χ2n) is 9.55. The van der Waals surface area contributed by atoms with Crippen molar-refractivity contribution in [1.29, 1.82) is 0 Å². The Morgan fingerprint density at radius 2 is 1.50 bits per heavy atom. The molecule has 0 aliphatic carbocycles. The van der Waals surface area contributed by atoms with Crippen molar-refractivity contribution in [2.24, 2.45) is 0 Å². The first kappa shape index (κ1) is 23.2. The predicted octanol–water partition coefficient (Wildman–Crippen LogP) is 5.75. The summed E-state index contributed by atoms with van der Waals surface area (Å²) in [6, 6.07) is 20.5. The molecular weight excluding hydrogens is 392 g/mol. The van der Waals surface area contributed by atoms with Gasteiger partial charge in [-0.25, -0.2) is 0 Å². The molecule has 3 rings (SSSR count). The van der Waals surface area contributed by atoms with Gasteiger partial charge in [0.05, 0.1) is 13.2 Å². The molecule has 164 valence electrons. The Hall–Kier alpha value is -1.50. The molecule has 1 aliphatic heterocycles. The molecular formula is C25H36O4Si. The fraction of sp³-hybridized carbons (Fsp3) is 0.520. The Morgan fingerprint density at radius 3 is 2.07 bits per heavy atom. The Balaban J connectivity index is 1.79. The summed E-state index contributed by atoms with van der Waals surface area (Å²) in [5.74, 6) is 0. The van der Waals surface area contributed by atoms with Gasteiger partial charge in [0.1, 0.15) is 24.4 Å². The smallest absolute Gasteiger partial charge is 0.192 e. The van der Waals surface area contributed by atoms with E-state index in [0.717, 1.165) is 11.1 Å². The van der Waals surface area contributed by atoms with Gasteiger partial charge < -0.3 is 18.6 Å². The number of methoxy groups -OCH3 is 1. The first-order valence-electron chi connectivity index (χ1n) is 10.8. The van der Waals surface area contributed by atoms with Crippen LogP contribution in [-0.4, -0.2) is 40.3 Å². The van der Waals surface area contributed by atoms with Crippen molar-refractivity contribution in [3.05, 3.63) is 71.8 Å². The van der Waals surface area contributed by atoms with Gasteiger partial charge in [-0.05, 0) is 29.3 Å².